The Bertz CT molecular complexity index is 634. The molecular weight excluding hydrogens is 212 g/mol. The van der Waals surface area contributed by atoms with Gasteiger partial charge in [0.1, 0.15) is 0 Å². The maximum Gasteiger partial charge on any atom is 0.00205 e. The zero-order chi connectivity index (χ0) is 11.0. The van der Waals surface area contributed by atoms with E-state index >= 15 is 0 Å². The quantitative estimate of drug-likeness (QED) is 0.553. The van der Waals surface area contributed by atoms with Crippen LogP contribution in [0.5, 0.6) is 0 Å². The second kappa shape index (κ2) is 3.76. The lowest BCUT2D eigenvalue weighted by molar-refractivity contribution is 1.62. The van der Waals surface area contributed by atoms with Crippen LogP contribution in [0.3, 0.4) is 0 Å². The number of fused-ring (bicyclic) bond motifs is 1. The molecule has 3 aromatic rings. The molecule has 16 heavy (non-hydrogen) atoms. The minimum Gasteiger partial charge on any atom is -0.149 e. The van der Waals surface area contributed by atoms with Crippen LogP contribution >= 0.6 is 11.3 Å². The molecule has 1 aromatic heterocycles. The van der Waals surface area contributed by atoms with Crippen LogP contribution in [0, 0.1) is 6.92 Å². The van der Waals surface area contributed by atoms with Gasteiger partial charge in [-0.3, -0.25) is 0 Å². The van der Waals surface area contributed by atoms with Crippen LogP contribution in [0.15, 0.2) is 53.9 Å². The minimum atomic E-state index is 1.30. The SMILES string of the molecule is Cc1cc(-c2ccc3ccccc3c2)cs1. The summed E-state index contributed by atoms with van der Waals surface area (Å²) >= 11 is 1.80. The first-order valence-corrected chi connectivity index (χ1v) is 6.25. The van der Waals surface area contributed by atoms with Crippen molar-refractivity contribution in [2.75, 3.05) is 0 Å². The predicted molar refractivity (Wildman–Crippen MR) is 72.0 cm³/mol. The fraction of sp³-hybridized carbons (Fsp3) is 0.0667. The van der Waals surface area contributed by atoms with Crippen LogP contribution < -0.4 is 0 Å². The topological polar surface area (TPSA) is 0 Å². The first-order valence-electron chi connectivity index (χ1n) is 5.37. The Morgan fingerprint density at radius 3 is 2.38 bits per heavy atom. The van der Waals surface area contributed by atoms with Gasteiger partial charge in [0.2, 0.25) is 0 Å². The summed E-state index contributed by atoms with van der Waals surface area (Å²) in [5, 5.41) is 4.83. The first kappa shape index (κ1) is 9.61. The van der Waals surface area contributed by atoms with Gasteiger partial charge in [0.05, 0.1) is 0 Å². The standard InChI is InChI=1S/C15H12S/c1-11-8-15(10-16-11)14-7-6-12-4-2-3-5-13(12)9-14/h2-10H,1H3. The van der Waals surface area contributed by atoms with E-state index in [1.807, 2.05) is 0 Å². The molecule has 2 aromatic carbocycles. The van der Waals surface area contributed by atoms with Crippen LogP contribution in [-0.2, 0) is 0 Å². The molecular formula is C15H12S. The van der Waals surface area contributed by atoms with Crippen molar-refractivity contribution in [1.29, 1.82) is 0 Å². The lowest BCUT2D eigenvalue weighted by Crippen LogP contribution is -1.75. The molecule has 0 amide bonds. The van der Waals surface area contributed by atoms with Crippen LogP contribution in [0.4, 0.5) is 0 Å². The molecule has 0 unspecified atom stereocenters. The largest absolute Gasteiger partial charge is 0.149 e. The van der Waals surface area contributed by atoms with E-state index < -0.39 is 0 Å². The van der Waals surface area contributed by atoms with Gasteiger partial charge in [0.25, 0.3) is 0 Å². The lowest BCUT2D eigenvalue weighted by atomic mass is 10.0. The highest BCUT2D eigenvalue weighted by molar-refractivity contribution is 7.10. The van der Waals surface area contributed by atoms with Crippen molar-refractivity contribution in [2.24, 2.45) is 0 Å². The Labute approximate surface area is 99.2 Å². The Balaban J connectivity index is 2.18. The molecule has 1 heterocycles. The first-order chi connectivity index (χ1) is 7.83. The van der Waals surface area contributed by atoms with Gasteiger partial charge in [-0.15, -0.1) is 11.3 Å². The molecule has 0 atom stereocenters. The Morgan fingerprint density at radius 2 is 1.62 bits per heavy atom. The normalized spacial score (nSPS) is 10.8. The maximum absolute atomic E-state index is 2.26. The van der Waals surface area contributed by atoms with Crippen molar-refractivity contribution in [3.05, 3.63) is 58.8 Å². The third-order valence-corrected chi connectivity index (χ3v) is 3.67. The van der Waals surface area contributed by atoms with E-state index in [-0.39, 0.29) is 0 Å². The number of aryl methyl sites for hydroxylation is 1. The third-order valence-electron chi connectivity index (χ3n) is 2.81. The van der Waals surface area contributed by atoms with Crippen LogP contribution in [0.1, 0.15) is 4.88 Å². The van der Waals surface area contributed by atoms with Crippen LogP contribution in [-0.4, -0.2) is 0 Å². The molecule has 78 valence electrons. The van der Waals surface area contributed by atoms with Crippen molar-refractivity contribution >= 4 is 22.1 Å². The van der Waals surface area contributed by atoms with Gasteiger partial charge in [0.15, 0.2) is 0 Å². The van der Waals surface area contributed by atoms with E-state index in [1.54, 1.807) is 11.3 Å². The molecule has 0 N–H and O–H groups in total. The molecule has 0 spiro atoms. The summed E-state index contributed by atoms with van der Waals surface area (Å²) in [4.78, 5) is 1.36. The molecule has 1 heteroatoms. The van der Waals surface area contributed by atoms with E-state index in [0.717, 1.165) is 0 Å². The van der Waals surface area contributed by atoms with E-state index in [2.05, 4.69) is 60.8 Å². The molecule has 0 saturated carbocycles. The summed E-state index contributed by atoms with van der Waals surface area (Å²) in [5.41, 5.74) is 2.64. The number of thiophene rings is 1. The van der Waals surface area contributed by atoms with Crippen molar-refractivity contribution in [1.82, 2.24) is 0 Å². The summed E-state index contributed by atoms with van der Waals surface area (Å²) in [6.07, 6.45) is 0. The molecule has 0 fully saturated rings. The zero-order valence-electron chi connectivity index (χ0n) is 9.10. The van der Waals surface area contributed by atoms with Crippen molar-refractivity contribution in [3.63, 3.8) is 0 Å². The minimum absolute atomic E-state index is 1.30. The molecule has 0 bridgehead atoms. The van der Waals surface area contributed by atoms with E-state index in [1.165, 1.54) is 26.8 Å². The van der Waals surface area contributed by atoms with Gasteiger partial charge < -0.3 is 0 Å². The molecule has 0 aliphatic carbocycles. The molecule has 0 aliphatic heterocycles. The zero-order valence-corrected chi connectivity index (χ0v) is 9.92. The Kier molecular flexibility index (Phi) is 2.26. The van der Waals surface area contributed by atoms with Gasteiger partial charge in [0, 0.05) is 4.88 Å². The molecule has 0 nitrogen and oxygen atoms in total. The molecule has 3 rings (SSSR count). The van der Waals surface area contributed by atoms with Crippen molar-refractivity contribution in [2.45, 2.75) is 6.92 Å². The van der Waals surface area contributed by atoms with Crippen molar-refractivity contribution < 1.29 is 0 Å². The van der Waals surface area contributed by atoms with Gasteiger partial charge in [-0.05, 0) is 46.3 Å². The smallest absolute Gasteiger partial charge is 0.00205 e. The third kappa shape index (κ3) is 1.63. The maximum atomic E-state index is 2.26. The summed E-state index contributed by atoms with van der Waals surface area (Å²) in [6.45, 7) is 2.15. The lowest BCUT2D eigenvalue weighted by Gasteiger charge is -2.01. The van der Waals surface area contributed by atoms with Gasteiger partial charge in [-0.25, -0.2) is 0 Å². The number of hydrogen-bond donors (Lipinski definition) is 0. The number of hydrogen-bond acceptors (Lipinski definition) is 1. The number of rotatable bonds is 1. The molecule has 0 aliphatic rings. The average Bonchev–Trinajstić information content (AvgIpc) is 2.75. The highest BCUT2D eigenvalue weighted by Crippen LogP contribution is 2.27. The van der Waals surface area contributed by atoms with Crippen LogP contribution in [0.25, 0.3) is 21.9 Å². The fourth-order valence-corrected chi connectivity index (χ4v) is 2.68. The van der Waals surface area contributed by atoms with Gasteiger partial charge >= 0.3 is 0 Å². The van der Waals surface area contributed by atoms with Gasteiger partial charge in [-0.2, -0.15) is 0 Å². The second-order valence-electron chi connectivity index (χ2n) is 4.01. The van der Waals surface area contributed by atoms with Gasteiger partial charge in [-0.1, -0.05) is 36.4 Å². The highest BCUT2D eigenvalue weighted by Gasteiger charge is 2.01. The Hall–Kier alpha value is -1.60. The van der Waals surface area contributed by atoms with E-state index in [0.29, 0.717) is 0 Å². The van der Waals surface area contributed by atoms with E-state index in [9.17, 15) is 0 Å². The highest BCUT2D eigenvalue weighted by atomic mass is 32.1. The summed E-state index contributed by atoms with van der Waals surface area (Å²) in [7, 11) is 0. The summed E-state index contributed by atoms with van der Waals surface area (Å²) < 4.78 is 0. The monoisotopic (exact) mass is 224 g/mol. The summed E-state index contributed by atoms with van der Waals surface area (Å²) in [6, 6.07) is 17.4. The Morgan fingerprint density at radius 1 is 0.812 bits per heavy atom. The summed E-state index contributed by atoms with van der Waals surface area (Å²) in [5.74, 6) is 0. The van der Waals surface area contributed by atoms with Crippen molar-refractivity contribution in [3.8, 4) is 11.1 Å². The van der Waals surface area contributed by atoms with E-state index in [4.69, 9.17) is 0 Å². The second-order valence-corrected chi connectivity index (χ2v) is 5.12. The average molecular weight is 224 g/mol. The molecule has 0 radical (unpaired) electrons. The van der Waals surface area contributed by atoms with Crippen LogP contribution in [0.2, 0.25) is 0 Å². The predicted octanol–water partition coefficient (Wildman–Crippen LogP) is 4.88. The fourth-order valence-electron chi connectivity index (χ4n) is 1.96. The molecule has 0 saturated heterocycles. The number of benzene rings is 2.